The van der Waals surface area contributed by atoms with Gasteiger partial charge in [0.2, 0.25) is 5.91 Å². The van der Waals surface area contributed by atoms with Crippen LogP contribution in [-0.2, 0) is 4.79 Å². The number of carbonyl (C=O) groups is 1. The van der Waals surface area contributed by atoms with Gasteiger partial charge in [-0.05, 0) is 32.0 Å². The molecule has 0 spiro atoms. The summed E-state index contributed by atoms with van der Waals surface area (Å²) in [5.41, 5.74) is 7.70. The van der Waals surface area contributed by atoms with Crippen molar-refractivity contribution in [3.05, 3.63) is 22.7 Å². The molecule has 0 radical (unpaired) electrons. The number of hydrogen-bond acceptors (Lipinski definition) is 3. The Labute approximate surface area is 116 Å². The summed E-state index contributed by atoms with van der Waals surface area (Å²) >= 11 is 3.44. The maximum atomic E-state index is 12.0. The SMILES string of the molecule is CN1C(=O)CN(CC(C)(C)N)c2ccc(Br)cc21. The van der Waals surface area contributed by atoms with Crippen molar-refractivity contribution in [3.63, 3.8) is 0 Å². The Hall–Kier alpha value is -1.07. The van der Waals surface area contributed by atoms with Gasteiger partial charge in [0.05, 0.1) is 17.9 Å². The van der Waals surface area contributed by atoms with E-state index >= 15 is 0 Å². The van der Waals surface area contributed by atoms with Gasteiger partial charge in [-0.25, -0.2) is 0 Å². The molecule has 0 saturated carbocycles. The molecule has 1 aliphatic rings. The first-order valence-corrected chi connectivity index (χ1v) is 6.67. The van der Waals surface area contributed by atoms with Crippen molar-refractivity contribution >= 4 is 33.2 Å². The second-order valence-corrected chi connectivity index (χ2v) is 6.35. The highest BCUT2D eigenvalue weighted by Gasteiger charge is 2.29. The van der Waals surface area contributed by atoms with Gasteiger partial charge in [0.25, 0.3) is 0 Å². The van der Waals surface area contributed by atoms with Crippen molar-refractivity contribution in [1.82, 2.24) is 0 Å². The highest BCUT2D eigenvalue weighted by atomic mass is 79.9. The summed E-state index contributed by atoms with van der Waals surface area (Å²) < 4.78 is 0.967. The molecule has 1 aromatic carbocycles. The van der Waals surface area contributed by atoms with Crippen LogP contribution >= 0.6 is 15.9 Å². The molecule has 98 valence electrons. The number of carbonyl (C=O) groups excluding carboxylic acids is 1. The molecule has 0 aliphatic carbocycles. The molecule has 5 heteroatoms. The molecule has 1 aliphatic heterocycles. The summed E-state index contributed by atoms with van der Waals surface area (Å²) in [6.45, 7) is 4.97. The average molecular weight is 312 g/mol. The number of nitrogens with zero attached hydrogens (tertiary/aromatic N) is 2. The zero-order valence-electron chi connectivity index (χ0n) is 10.9. The van der Waals surface area contributed by atoms with Crippen LogP contribution < -0.4 is 15.5 Å². The molecule has 18 heavy (non-hydrogen) atoms. The number of likely N-dealkylation sites (N-methyl/N-ethyl adjacent to an activating group) is 1. The zero-order chi connectivity index (χ0) is 13.5. The van der Waals surface area contributed by atoms with Gasteiger partial charge in [-0.3, -0.25) is 4.79 Å². The number of nitrogens with two attached hydrogens (primary N) is 1. The third-order valence-electron chi connectivity index (χ3n) is 2.94. The van der Waals surface area contributed by atoms with Gasteiger partial charge in [-0.15, -0.1) is 0 Å². The van der Waals surface area contributed by atoms with Gasteiger partial charge >= 0.3 is 0 Å². The van der Waals surface area contributed by atoms with Crippen LogP contribution in [0.4, 0.5) is 11.4 Å². The Balaban J connectivity index is 2.42. The predicted molar refractivity (Wildman–Crippen MR) is 78.0 cm³/mol. The number of halogens is 1. The molecule has 0 unspecified atom stereocenters. The van der Waals surface area contributed by atoms with Crippen molar-refractivity contribution in [2.45, 2.75) is 19.4 Å². The Kier molecular flexibility index (Phi) is 3.38. The molecule has 1 amide bonds. The van der Waals surface area contributed by atoms with Crippen LogP contribution in [0, 0.1) is 0 Å². The molecule has 2 rings (SSSR count). The molecule has 0 saturated heterocycles. The van der Waals surface area contributed by atoms with E-state index in [1.54, 1.807) is 11.9 Å². The lowest BCUT2D eigenvalue weighted by molar-refractivity contribution is -0.117. The summed E-state index contributed by atoms with van der Waals surface area (Å²) in [5.74, 6) is 0.0878. The third-order valence-corrected chi connectivity index (χ3v) is 3.43. The number of amides is 1. The molecule has 0 fully saturated rings. The van der Waals surface area contributed by atoms with Gasteiger partial charge in [-0.2, -0.15) is 0 Å². The van der Waals surface area contributed by atoms with Crippen molar-refractivity contribution < 1.29 is 4.79 Å². The first-order valence-electron chi connectivity index (χ1n) is 5.88. The lowest BCUT2D eigenvalue weighted by atomic mass is 10.0. The first-order chi connectivity index (χ1) is 8.28. The van der Waals surface area contributed by atoms with E-state index in [1.165, 1.54) is 0 Å². The standard InChI is InChI=1S/C13H18BrN3O/c1-13(2,15)8-17-7-12(18)16(3)11-6-9(14)4-5-10(11)17/h4-6H,7-8,15H2,1-3H3. The second kappa shape index (κ2) is 4.55. The van der Waals surface area contributed by atoms with Crippen LogP contribution in [0.5, 0.6) is 0 Å². The second-order valence-electron chi connectivity index (χ2n) is 5.43. The first kappa shape index (κ1) is 13.4. The van der Waals surface area contributed by atoms with Gasteiger partial charge in [0.1, 0.15) is 0 Å². The van der Waals surface area contributed by atoms with E-state index in [4.69, 9.17) is 5.73 Å². The number of hydrogen-bond donors (Lipinski definition) is 1. The van der Waals surface area contributed by atoms with E-state index in [9.17, 15) is 4.79 Å². The molecule has 4 nitrogen and oxygen atoms in total. The highest BCUT2D eigenvalue weighted by molar-refractivity contribution is 9.10. The predicted octanol–water partition coefficient (Wildman–Crippen LogP) is 1.97. The monoisotopic (exact) mass is 311 g/mol. The minimum atomic E-state index is -0.333. The lowest BCUT2D eigenvalue weighted by Gasteiger charge is -2.38. The highest BCUT2D eigenvalue weighted by Crippen LogP contribution is 2.35. The summed E-state index contributed by atoms with van der Waals surface area (Å²) in [5, 5.41) is 0. The molecule has 1 aromatic rings. The van der Waals surface area contributed by atoms with E-state index in [-0.39, 0.29) is 11.4 Å². The number of rotatable bonds is 2. The zero-order valence-corrected chi connectivity index (χ0v) is 12.5. The molecular weight excluding hydrogens is 294 g/mol. The van der Waals surface area contributed by atoms with E-state index in [0.29, 0.717) is 13.1 Å². The minimum Gasteiger partial charge on any atom is -0.359 e. The summed E-state index contributed by atoms with van der Waals surface area (Å²) in [4.78, 5) is 15.7. The molecule has 0 aromatic heterocycles. The summed E-state index contributed by atoms with van der Waals surface area (Å²) in [6, 6.07) is 5.97. The number of anilines is 2. The van der Waals surface area contributed by atoms with Gasteiger partial charge in [0.15, 0.2) is 0 Å². The molecular formula is C13H18BrN3O. The Bertz CT molecular complexity index is 482. The van der Waals surface area contributed by atoms with E-state index in [0.717, 1.165) is 15.8 Å². The fourth-order valence-corrected chi connectivity index (χ4v) is 2.50. The maximum absolute atomic E-state index is 12.0. The van der Waals surface area contributed by atoms with E-state index in [1.807, 2.05) is 36.9 Å². The summed E-state index contributed by atoms with van der Waals surface area (Å²) in [6.07, 6.45) is 0. The smallest absolute Gasteiger partial charge is 0.246 e. The average Bonchev–Trinajstić information content (AvgIpc) is 2.23. The van der Waals surface area contributed by atoms with Gasteiger partial charge < -0.3 is 15.5 Å². The van der Waals surface area contributed by atoms with E-state index in [2.05, 4.69) is 15.9 Å². The summed E-state index contributed by atoms with van der Waals surface area (Å²) in [7, 11) is 1.80. The van der Waals surface area contributed by atoms with Crippen molar-refractivity contribution in [3.8, 4) is 0 Å². The topological polar surface area (TPSA) is 49.6 Å². The largest absolute Gasteiger partial charge is 0.359 e. The Morgan fingerprint density at radius 2 is 2.06 bits per heavy atom. The number of benzene rings is 1. The van der Waals surface area contributed by atoms with Crippen LogP contribution in [-0.4, -0.2) is 31.6 Å². The van der Waals surface area contributed by atoms with Crippen LogP contribution in [0.3, 0.4) is 0 Å². The maximum Gasteiger partial charge on any atom is 0.246 e. The molecule has 0 atom stereocenters. The van der Waals surface area contributed by atoms with E-state index < -0.39 is 0 Å². The molecule has 1 heterocycles. The van der Waals surface area contributed by atoms with Crippen molar-refractivity contribution in [2.75, 3.05) is 29.9 Å². The van der Waals surface area contributed by atoms with Gasteiger partial charge in [0, 0.05) is 23.6 Å². The fourth-order valence-electron chi connectivity index (χ4n) is 2.15. The van der Waals surface area contributed by atoms with Crippen LogP contribution in [0.25, 0.3) is 0 Å². The quantitative estimate of drug-likeness (QED) is 0.908. The molecule has 2 N–H and O–H groups in total. The Morgan fingerprint density at radius 3 is 2.67 bits per heavy atom. The van der Waals surface area contributed by atoms with Crippen LogP contribution in [0.1, 0.15) is 13.8 Å². The van der Waals surface area contributed by atoms with Crippen LogP contribution in [0.2, 0.25) is 0 Å². The van der Waals surface area contributed by atoms with Crippen molar-refractivity contribution in [2.24, 2.45) is 5.73 Å². The van der Waals surface area contributed by atoms with Gasteiger partial charge in [-0.1, -0.05) is 15.9 Å². The van der Waals surface area contributed by atoms with Crippen LogP contribution in [0.15, 0.2) is 22.7 Å². The molecule has 0 bridgehead atoms. The normalized spacial score (nSPS) is 15.9. The number of fused-ring (bicyclic) bond motifs is 1. The fraction of sp³-hybridized carbons (Fsp3) is 0.462. The Morgan fingerprint density at radius 1 is 1.39 bits per heavy atom. The lowest BCUT2D eigenvalue weighted by Crippen LogP contribution is -2.51. The van der Waals surface area contributed by atoms with Crippen molar-refractivity contribution in [1.29, 1.82) is 0 Å². The minimum absolute atomic E-state index is 0.0878. The third kappa shape index (κ3) is 2.67.